The van der Waals surface area contributed by atoms with Crippen LogP contribution in [0.5, 0.6) is 0 Å². The van der Waals surface area contributed by atoms with Crippen molar-refractivity contribution in [1.29, 1.82) is 0 Å². The van der Waals surface area contributed by atoms with E-state index in [2.05, 4.69) is 10.1 Å². The molecule has 1 unspecified atom stereocenters. The molecule has 0 N–H and O–H groups in total. The maximum Gasteiger partial charge on any atom is 0.246 e. The van der Waals surface area contributed by atoms with Gasteiger partial charge in [0, 0.05) is 30.5 Å². The van der Waals surface area contributed by atoms with Crippen LogP contribution in [0.15, 0.2) is 52.4 Å². The second-order valence-corrected chi connectivity index (χ2v) is 7.82. The van der Waals surface area contributed by atoms with E-state index in [9.17, 15) is 9.18 Å². The second-order valence-electron chi connectivity index (χ2n) is 6.84. The molecular formula is C21H20FN3O2S. The van der Waals surface area contributed by atoms with Crippen LogP contribution in [0.4, 0.5) is 4.39 Å². The number of likely N-dealkylation sites (tertiary alicyclic amines) is 1. The molecule has 0 aliphatic carbocycles. The van der Waals surface area contributed by atoms with Crippen LogP contribution in [0.3, 0.4) is 0 Å². The molecular weight excluding hydrogens is 377 g/mol. The third-order valence-corrected chi connectivity index (χ3v) is 5.65. The molecule has 5 nitrogen and oxygen atoms in total. The first kappa shape index (κ1) is 18.6. The van der Waals surface area contributed by atoms with Crippen LogP contribution in [0.2, 0.25) is 0 Å². The van der Waals surface area contributed by atoms with Crippen molar-refractivity contribution in [3.05, 3.63) is 64.4 Å². The molecule has 28 heavy (non-hydrogen) atoms. The molecule has 0 radical (unpaired) electrons. The third-order valence-electron chi connectivity index (χ3n) is 4.81. The fraction of sp³-hybridized carbons (Fsp3) is 0.286. The number of rotatable bonds is 5. The first-order valence-electron chi connectivity index (χ1n) is 9.27. The van der Waals surface area contributed by atoms with Crippen molar-refractivity contribution in [2.24, 2.45) is 5.92 Å². The summed E-state index contributed by atoms with van der Waals surface area (Å²) < 4.78 is 19.2. The molecule has 1 aliphatic rings. The van der Waals surface area contributed by atoms with Gasteiger partial charge in [0.1, 0.15) is 5.82 Å². The Balaban J connectivity index is 1.38. The molecule has 1 amide bonds. The van der Waals surface area contributed by atoms with Gasteiger partial charge in [-0.25, -0.2) is 4.39 Å². The zero-order valence-corrected chi connectivity index (χ0v) is 16.1. The Labute approximate surface area is 166 Å². The standard InChI is InChI=1S/C21H20FN3O2S/c22-18-8-2-1-7-17(18)21-23-19(27-24-21)13-15-5-3-11-25(14-15)20(26)10-9-16-6-4-12-28-16/h1-2,4,6-10,12,15H,3,5,11,13-14H2. The van der Waals surface area contributed by atoms with Crippen molar-refractivity contribution in [2.75, 3.05) is 13.1 Å². The van der Waals surface area contributed by atoms with E-state index in [1.165, 1.54) is 6.07 Å². The van der Waals surface area contributed by atoms with E-state index in [0.717, 1.165) is 24.3 Å². The molecule has 0 spiro atoms. The number of hydrogen-bond acceptors (Lipinski definition) is 5. The van der Waals surface area contributed by atoms with Gasteiger partial charge in [0.25, 0.3) is 0 Å². The summed E-state index contributed by atoms with van der Waals surface area (Å²) in [5, 5.41) is 5.90. The van der Waals surface area contributed by atoms with Gasteiger partial charge in [0.2, 0.25) is 17.6 Å². The number of halogens is 1. The van der Waals surface area contributed by atoms with Crippen molar-refractivity contribution in [1.82, 2.24) is 15.0 Å². The summed E-state index contributed by atoms with van der Waals surface area (Å²) in [4.78, 5) is 19.7. The van der Waals surface area contributed by atoms with Gasteiger partial charge in [0.05, 0.1) is 5.56 Å². The number of aromatic nitrogens is 2. The first-order chi connectivity index (χ1) is 13.7. The maximum atomic E-state index is 13.9. The zero-order chi connectivity index (χ0) is 19.3. The molecule has 7 heteroatoms. The number of piperidine rings is 1. The Bertz CT molecular complexity index is 968. The lowest BCUT2D eigenvalue weighted by molar-refractivity contribution is -0.127. The van der Waals surface area contributed by atoms with Gasteiger partial charge in [-0.3, -0.25) is 4.79 Å². The molecule has 0 bridgehead atoms. The van der Waals surface area contributed by atoms with Crippen molar-refractivity contribution >= 4 is 23.3 Å². The Kier molecular flexibility index (Phi) is 5.62. The number of benzene rings is 1. The van der Waals surface area contributed by atoms with Gasteiger partial charge < -0.3 is 9.42 Å². The van der Waals surface area contributed by atoms with Crippen molar-refractivity contribution in [3.63, 3.8) is 0 Å². The van der Waals surface area contributed by atoms with Gasteiger partial charge in [-0.1, -0.05) is 23.4 Å². The van der Waals surface area contributed by atoms with Gasteiger partial charge in [-0.2, -0.15) is 4.98 Å². The Morgan fingerprint density at radius 3 is 3.04 bits per heavy atom. The molecule has 1 aromatic carbocycles. The largest absolute Gasteiger partial charge is 0.339 e. The fourth-order valence-electron chi connectivity index (χ4n) is 3.41. The maximum absolute atomic E-state index is 13.9. The van der Waals surface area contributed by atoms with E-state index in [1.807, 2.05) is 28.5 Å². The molecule has 3 heterocycles. The summed E-state index contributed by atoms with van der Waals surface area (Å²) in [6.45, 7) is 1.42. The Morgan fingerprint density at radius 2 is 2.21 bits per heavy atom. The van der Waals surface area contributed by atoms with Crippen LogP contribution in [-0.4, -0.2) is 34.0 Å². The van der Waals surface area contributed by atoms with Crippen LogP contribution in [0.1, 0.15) is 23.6 Å². The highest BCUT2D eigenvalue weighted by atomic mass is 32.1. The average molecular weight is 397 g/mol. The predicted octanol–water partition coefficient (Wildman–Crippen LogP) is 4.43. The van der Waals surface area contributed by atoms with Gasteiger partial charge >= 0.3 is 0 Å². The molecule has 0 saturated carbocycles. The first-order valence-corrected chi connectivity index (χ1v) is 10.1. The predicted molar refractivity (Wildman–Crippen MR) is 106 cm³/mol. The van der Waals surface area contributed by atoms with Crippen molar-refractivity contribution < 1.29 is 13.7 Å². The van der Waals surface area contributed by atoms with E-state index in [0.29, 0.717) is 24.4 Å². The van der Waals surface area contributed by atoms with E-state index in [4.69, 9.17) is 4.52 Å². The minimum atomic E-state index is -0.373. The lowest BCUT2D eigenvalue weighted by Crippen LogP contribution is -2.39. The fourth-order valence-corrected chi connectivity index (χ4v) is 4.03. The highest BCUT2D eigenvalue weighted by molar-refractivity contribution is 7.10. The van der Waals surface area contributed by atoms with Crippen molar-refractivity contribution in [2.45, 2.75) is 19.3 Å². The highest BCUT2D eigenvalue weighted by Gasteiger charge is 2.25. The molecule has 1 aliphatic heterocycles. The highest BCUT2D eigenvalue weighted by Crippen LogP contribution is 2.24. The second kappa shape index (κ2) is 8.48. The molecule has 1 atom stereocenters. The van der Waals surface area contributed by atoms with E-state index in [1.54, 1.807) is 35.6 Å². The molecule has 1 fully saturated rings. The lowest BCUT2D eigenvalue weighted by Gasteiger charge is -2.31. The van der Waals surface area contributed by atoms with E-state index >= 15 is 0 Å². The SMILES string of the molecule is O=C(C=Cc1cccs1)N1CCCC(Cc2nc(-c3ccccc3F)no2)C1. The smallest absolute Gasteiger partial charge is 0.246 e. The van der Waals surface area contributed by atoms with Gasteiger partial charge in [-0.05, 0) is 48.4 Å². The van der Waals surface area contributed by atoms with Gasteiger partial charge in [-0.15, -0.1) is 11.3 Å². The Morgan fingerprint density at radius 1 is 1.32 bits per heavy atom. The summed E-state index contributed by atoms with van der Waals surface area (Å²) in [5.41, 5.74) is 0.330. The molecule has 2 aromatic heterocycles. The average Bonchev–Trinajstić information content (AvgIpc) is 3.39. The number of thiophene rings is 1. The minimum absolute atomic E-state index is 0.0238. The number of nitrogens with zero attached hydrogens (tertiary/aromatic N) is 3. The minimum Gasteiger partial charge on any atom is -0.339 e. The molecule has 1 saturated heterocycles. The van der Waals surface area contributed by atoms with Gasteiger partial charge in [0.15, 0.2) is 0 Å². The van der Waals surface area contributed by atoms with Crippen molar-refractivity contribution in [3.8, 4) is 11.4 Å². The molecule has 144 valence electrons. The summed E-state index contributed by atoms with van der Waals surface area (Å²) in [6.07, 6.45) is 6.01. The molecule has 3 aromatic rings. The topological polar surface area (TPSA) is 59.2 Å². The molecule has 4 rings (SSSR count). The normalized spacial score (nSPS) is 17.3. The number of carbonyl (C=O) groups is 1. The lowest BCUT2D eigenvalue weighted by atomic mass is 9.94. The summed E-state index contributed by atoms with van der Waals surface area (Å²) in [7, 11) is 0. The van der Waals surface area contributed by atoms with E-state index < -0.39 is 0 Å². The van der Waals surface area contributed by atoms with Crippen LogP contribution in [0.25, 0.3) is 17.5 Å². The number of amides is 1. The van der Waals surface area contributed by atoms with Crippen LogP contribution < -0.4 is 0 Å². The Hall–Kier alpha value is -2.80. The summed E-state index contributed by atoms with van der Waals surface area (Å²) >= 11 is 1.60. The quantitative estimate of drug-likeness (QED) is 0.598. The monoisotopic (exact) mass is 397 g/mol. The van der Waals surface area contributed by atoms with E-state index in [-0.39, 0.29) is 23.5 Å². The van der Waals surface area contributed by atoms with Crippen LogP contribution in [-0.2, 0) is 11.2 Å². The number of carbonyl (C=O) groups excluding carboxylic acids is 1. The third kappa shape index (κ3) is 4.36. The number of hydrogen-bond donors (Lipinski definition) is 0. The zero-order valence-electron chi connectivity index (χ0n) is 15.3. The van der Waals surface area contributed by atoms with Crippen LogP contribution >= 0.6 is 11.3 Å². The van der Waals surface area contributed by atoms with Crippen LogP contribution in [0, 0.1) is 11.7 Å². The summed E-state index contributed by atoms with van der Waals surface area (Å²) in [5.74, 6) is 0.640. The summed E-state index contributed by atoms with van der Waals surface area (Å²) in [6, 6.07) is 10.3.